The van der Waals surface area contributed by atoms with Crippen LogP contribution < -0.4 is 11.3 Å². The van der Waals surface area contributed by atoms with E-state index in [1.807, 2.05) is 43.3 Å². The van der Waals surface area contributed by atoms with Crippen LogP contribution in [0.1, 0.15) is 25.8 Å². The van der Waals surface area contributed by atoms with Crippen LogP contribution in [0.5, 0.6) is 0 Å². The molecule has 2 atom stereocenters. The molecule has 0 bridgehead atoms. The molecule has 3 heterocycles. The first-order valence-electron chi connectivity index (χ1n) is 10.6. The normalized spacial score (nSPS) is 17.7. The molecule has 1 aliphatic rings. The van der Waals surface area contributed by atoms with E-state index in [-0.39, 0.29) is 17.7 Å². The van der Waals surface area contributed by atoms with Crippen molar-refractivity contribution < 1.29 is 4.74 Å². The van der Waals surface area contributed by atoms with Crippen LogP contribution in [0.2, 0.25) is 0 Å². The summed E-state index contributed by atoms with van der Waals surface area (Å²) in [6.07, 6.45) is 4.44. The fraction of sp³-hybridized carbons (Fsp3) is 0.333. The Bertz CT molecular complexity index is 1270. The van der Waals surface area contributed by atoms with Gasteiger partial charge >= 0.3 is 0 Å². The number of benzene rings is 2. The van der Waals surface area contributed by atoms with Gasteiger partial charge in [0.1, 0.15) is 5.69 Å². The lowest BCUT2D eigenvalue weighted by Gasteiger charge is -2.17. The van der Waals surface area contributed by atoms with Crippen LogP contribution in [0, 0.1) is 0 Å². The molecule has 2 aromatic carbocycles. The van der Waals surface area contributed by atoms with E-state index in [1.54, 1.807) is 4.57 Å². The highest BCUT2D eigenvalue weighted by Gasteiger charge is 2.22. The Morgan fingerprint density at radius 3 is 2.70 bits per heavy atom. The molecule has 5 rings (SSSR count). The highest BCUT2D eigenvalue weighted by molar-refractivity contribution is 5.96. The number of nitrogens with zero attached hydrogens (tertiary/aromatic N) is 3. The fourth-order valence-electron chi connectivity index (χ4n) is 4.47. The number of hydrogen-bond donors (Lipinski definition) is 1. The molecule has 30 heavy (non-hydrogen) atoms. The Kier molecular flexibility index (Phi) is 4.89. The summed E-state index contributed by atoms with van der Waals surface area (Å²) in [5, 5.41) is 1.03. The van der Waals surface area contributed by atoms with Gasteiger partial charge in [0.2, 0.25) is 0 Å². The maximum atomic E-state index is 13.6. The van der Waals surface area contributed by atoms with Crippen molar-refractivity contribution in [1.82, 2.24) is 14.1 Å². The number of para-hydroxylation sites is 3. The average molecular weight is 402 g/mol. The number of rotatable bonds is 5. The van der Waals surface area contributed by atoms with Gasteiger partial charge in [0, 0.05) is 48.4 Å². The molecule has 6 nitrogen and oxygen atoms in total. The molecular weight excluding hydrogens is 376 g/mol. The van der Waals surface area contributed by atoms with Gasteiger partial charge in [-0.2, -0.15) is 0 Å². The van der Waals surface area contributed by atoms with E-state index >= 15 is 0 Å². The summed E-state index contributed by atoms with van der Waals surface area (Å²) in [4.78, 5) is 18.4. The monoisotopic (exact) mass is 402 g/mol. The lowest BCUT2D eigenvalue weighted by atomic mass is 10.1. The number of aromatic nitrogens is 3. The van der Waals surface area contributed by atoms with Gasteiger partial charge < -0.3 is 19.6 Å². The van der Waals surface area contributed by atoms with Gasteiger partial charge in [0.15, 0.2) is 0 Å². The smallest absolute Gasteiger partial charge is 0.277 e. The molecule has 6 heteroatoms. The molecule has 0 aliphatic carbocycles. The summed E-state index contributed by atoms with van der Waals surface area (Å²) in [6, 6.07) is 15.8. The van der Waals surface area contributed by atoms with Gasteiger partial charge in [-0.3, -0.25) is 4.79 Å². The second-order valence-corrected chi connectivity index (χ2v) is 8.06. The van der Waals surface area contributed by atoms with Crippen LogP contribution in [0.4, 0.5) is 0 Å². The van der Waals surface area contributed by atoms with Crippen molar-refractivity contribution in [2.45, 2.75) is 38.5 Å². The minimum absolute atomic E-state index is 0.105. The maximum Gasteiger partial charge on any atom is 0.277 e. The van der Waals surface area contributed by atoms with Crippen molar-refractivity contribution in [2.75, 3.05) is 13.2 Å². The molecule has 1 aliphatic heterocycles. The Hall–Kier alpha value is -2.96. The Labute approximate surface area is 174 Å². The van der Waals surface area contributed by atoms with Gasteiger partial charge in [-0.15, -0.1) is 0 Å². The van der Waals surface area contributed by atoms with Crippen LogP contribution in [0.3, 0.4) is 0 Å². The van der Waals surface area contributed by atoms with Crippen LogP contribution in [0.25, 0.3) is 33.2 Å². The van der Waals surface area contributed by atoms with Gasteiger partial charge in [-0.25, -0.2) is 4.98 Å². The molecule has 2 aromatic heterocycles. The van der Waals surface area contributed by atoms with Crippen molar-refractivity contribution in [1.29, 1.82) is 0 Å². The Balaban J connectivity index is 1.74. The van der Waals surface area contributed by atoms with Crippen molar-refractivity contribution in [3.05, 3.63) is 65.1 Å². The zero-order chi connectivity index (χ0) is 20.7. The van der Waals surface area contributed by atoms with Crippen LogP contribution in [-0.4, -0.2) is 33.4 Å². The molecule has 154 valence electrons. The lowest BCUT2D eigenvalue weighted by molar-refractivity contribution is 0.0980. The van der Waals surface area contributed by atoms with Gasteiger partial charge in [0.05, 0.1) is 17.1 Å². The maximum absolute atomic E-state index is 13.6. The average Bonchev–Trinajstić information content (AvgIpc) is 3.41. The van der Waals surface area contributed by atoms with E-state index < -0.39 is 0 Å². The van der Waals surface area contributed by atoms with Crippen LogP contribution in [0.15, 0.2) is 59.5 Å². The van der Waals surface area contributed by atoms with E-state index in [1.165, 1.54) is 0 Å². The summed E-state index contributed by atoms with van der Waals surface area (Å²) in [7, 11) is 0. The third kappa shape index (κ3) is 3.13. The predicted molar refractivity (Wildman–Crippen MR) is 120 cm³/mol. The van der Waals surface area contributed by atoms with Gasteiger partial charge in [-0.1, -0.05) is 30.3 Å². The van der Waals surface area contributed by atoms with Gasteiger partial charge in [0.25, 0.3) is 5.56 Å². The quantitative estimate of drug-likeness (QED) is 0.552. The van der Waals surface area contributed by atoms with E-state index in [0.29, 0.717) is 12.2 Å². The third-order valence-corrected chi connectivity index (χ3v) is 6.04. The number of nitrogens with two attached hydrogens (primary N) is 1. The van der Waals surface area contributed by atoms with E-state index in [2.05, 4.69) is 22.9 Å². The van der Waals surface area contributed by atoms with Crippen molar-refractivity contribution in [3.63, 3.8) is 0 Å². The fourth-order valence-corrected chi connectivity index (χ4v) is 4.47. The summed E-state index contributed by atoms with van der Waals surface area (Å²) < 4.78 is 9.83. The van der Waals surface area contributed by atoms with Crippen molar-refractivity contribution in [2.24, 2.45) is 5.73 Å². The molecule has 0 spiro atoms. The minimum atomic E-state index is -0.121. The van der Waals surface area contributed by atoms with E-state index in [9.17, 15) is 4.79 Å². The highest BCUT2D eigenvalue weighted by atomic mass is 16.5. The zero-order valence-corrected chi connectivity index (χ0v) is 17.1. The second-order valence-electron chi connectivity index (χ2n) is 8.06. The second kappa shape index (κ2) is 7.70. The first kappa shape index (κ1) is 19.0. The van der Waals surface area contributed by atoms with Crippen LogP contribution >= 0.6 is 0 Å². The molecule has 0 saturated carbocycles. The van der Waals surface area contributed by atoms with Crippen molar-refractivity contribution in [3.8, 4) is 11.3 Å². The molecule has 2 N–H and O–H groups in total. The zero-order valence-electron chi connectivity index (χ0n) is 17.1. The molecule has 0 radical (unpaired) electrons. The Morgan fingerprint density at radius 2 is 1.93 bits per heavy atom. The number of fused-ring (bicyclic) bond motifs is 2. The molecule has 2 unspecified atom stereocenters. The first-order valence-corrected chi connectivity index (χ1v) is 10.6. The molecule has 4 aromatic rings. The summed E-state index contributed by atoms with van der Waals surface area (Å²) in [6.45, 7) is 3.96. The third-order valence-electron chi connectivity index (χ3n) is 6.04. The molecular formula is C24H26N4O2. The number of hydrogen-bond acceptors (Lipinski definition) is 4. The largest absolute Gasteiger partial charge is 0.376 e. The lowest BCUT2D eigenvalue weighted by Crippen LogP contribution is -2.30. The first-order chi connectivity index (χ1) is 14.7. The number of ether oxygens (including phenoxy) is 1. The van der Waals surface area contributed by atoms with Crippen LogP contribution in [-0.2, 0) is 11.3 Å². The molecule has 0 amide bonds. The summed E-state index contributed by atoms with van der Waals surface area (Å²) >= 11 is 0. The summed E-state index contributed by atoms with van der Waals surface area (Å²) in [5.41, 5.74) is 9.86. The Morgan fingerprint density at radius 1 is 1.17 bits per heavy atom. The van der Waals surface area contributed by atoms with E-state index in [0.717, 1.165) is 53.5 Å². The molecule has 1 saturated heterocycles. The minimum Gasteiger partial charge on any atom is -0.376 e. The van der Waals surface area contributed by atoms with Crippen molar-refractivity contribution >= 4 is 21.9 Å². The topological polar surface area (TPSA) is 75.1 Å². The highest BCUT2D eigenvalue weighted by Crippen LogP contribution is 2.30. The standard InChI is InChI=1S/C24H26N4O2/c1-16(13-25)28-22-11-5-3-9-20(22)26-23(24(28)29)19-15-27(14-17-7-6-12-30-17)21-10-4-2-8-18(19)21/h2-5,8-11,15-17H,6-7,12-14,25H2,1H3. The molecule has 1 fully saturated rings. The SMILES string of the molecule is CC(CN)n1c(=O)c(-c2cn(CC3CCCO3)c3ccccc23)nc2ccccc21. The van der Waals surface area contributed by atoms with E-state index in [4.69, 9.17) is 15.5 Å². The predicted octanol–water partition coefficient (Wildman–Crippen LogP) is 3.72. The van der Waals surface area contributed by atoms with Gasteiger partial charge in [-0.05, 0) is 38.0 Å². The summed E-state index contributed by atoms with van der Waals surface area (Å²) in [5.74, 6) is 0.